The molecule has 1 heterocycles. The Balaban J connectivity index is 1.76. The van der Waals surface area contributed by atoms with Crippen LogP contribution in [0.2, 0.25) is 0 Å². The SMILES string of the molecule is COC(=O)CCCS(=O)(=O)N1CC(O)(C2CC2)C1. The molecule has 0 aromatic rings. The second kappa shape index (κ2) is 4.79. The largest absolute Gasteiger partial charge is 0.469 e. The summed E-state index contributed by atoms with van der Waals surface area (Å²) in [6, 6.07) is 0. The summed E-state index contributed by atoms with van der Waals surface area (Å²) < 4.78 is 29.5. The normalized spacial score (nSPS) is 23.4. The van der Waals surface area contributed by atoms with Crippen molar-refractivity contribution in [1.82, 2.24) is 4.31 Å². The number of carbonyl (C=O) groups excluding carboxylic acids is 1. The van der Waals surface area contributed by atoms with Crippen LogP contribution in [0.3, 0.4) is 0 Å². The lowest BCUT2D eigenvalue weighted by Crippen LogP contribution is -2.64. The lowest BCUT2D eigenvalue weighted by atomic mass is 9.91. The maximum atomic E-state index is 11.9. The molecule has 1 N–H and O–H groups in total. The summed E-state index contributed by atoms with van der Waals surface area (Å²) >= 11 is 0. The second-order valence-electron chi connectivity index (χ2n) is 5.14. The summed E-state index contributed by atoms with van der Waals surface area (Å²) in [5, 5.41) is 10.1. The van der Waals surface area contributed by atoms with Gasteiger partial charge in [0, 0.05) is 19.5 Å². The molecule has 7 heteroatoms. The topological polar surface area (TPSA) is 83.9 Å². The molecule has 0 amide bonds. The van der Waals surface area contributed by atoms with Crippen molar-refractivity contribution in [3.8, 4) is 0 Å². The zero-order valence-electron chi connectivity index (χ0n) is 10.5. The predicted molar refractivity (Wildman–Crippen MR) is 64.3 cm³/mol. The molecule has 0 aromatic heterocycles. The Morgan fingerprint density at radius 1 is 1.44 bits per heavy atom. The highest BCUT2D eigenvalue weighted by atomic mass is 32.2. The van der Waals surface area contributed by atoms with Gasteiger partial charge in [-0.25, -0.2) is 8.42 Å². The zero-order chi connectivity index (χ0) is 13.4. The van der Waals surface area contributed by atoms with Crippen molar-refractivity contribution >= 4 is 16.0 Å². The summed E-state index contributed by atoms with van der Waals surface area (Å²) in [5.74, 6) is -0.189. The number of aliphatic hydroxyl groups is 1. The Bertz CT molecular complexity index is 423. The van der Waals surface area contributed by atoms with Gasteiger partial charge in [-0.2, -0.15) is 4.31 Å². The number of sulfonamides is 1. The molecule has 104 valence electrons. The average molecular weight is 277 g/mol. The summed E-state index contributed by atoms with van der Waals surface area (Å²) in [6.45, 7) is 0.413. The van der Waals surface area contributed by atoms with Crippen molar-refractivity contribution in [3.05, 3.63) is 0 Å². The van der Waals surface area contributed by atoms with Crippen molar-refractivity contribution in [2.75, 3.05) is 26.0 Å². The first kappa shape index (κ1) is 13.8. The van der Waals surface area contributed by atoms with Crippen LogP contribution in [0.1, 0.15) is 25.7 Å². The van der Waals surface area contributed by atoms with Crippen molar-refractivity contribution in [1.29, 1.82) is 0 Å². The number of hydrogen-bond donors (Lipinski definition) is 1. The second-order valence-corrected chi connectivity index (χ2v) is 7.23. The monoisotopic (exact) mass is 277 g/mol. The third kappa shape index (κ3) is 2.84. The number of nitrogens with zero attached hydrogens (tertiary/aromatic N) is 1. The molecule has 18 heavy (non-hydrogen) atoms. The Hall–Kier alpha value is -0.660. The first-order chi connectivity index (χ1) is 8.37. The van der Waals surface area contributed by atoms with E-state index in [1.165, 1.54) is 11.4 Å². The van der Waals surface area contributed by atoms with Gasteiger partial charge >= 0.3 is 5.97 Å². The molecule has 2 fully saturated rings. The van der Waals surface area contributed by atoms with Crippen LogP contribution in [0, 0.1) is 5.92 Å². The fourth-order valence-corrected chi connectivity index (χ4v) is 3.88. The first-order valence-corrected chi connectivity index (χ1v) is 7.75. The van der Waals surface area contributed by atoms with E-state index in [1.54, 1.807) is 0 Å². The van der Waals surface area contributed by atoms with Crippen LogP contribution in [-0.2, 0) is 19.6 Å². The predicted octanol–water partition coefficient (Wildman–Crippen LogP) is -0.274. The van der Waals surface area contributed by atoms with Gasteiger partial charge < -0.3 is 9.84 Å². The van der Waals surface area contributed by atoms with Gasteiger partial charge in [-0.1, -0.05) is 0 Å². The van der Waals surface area contributed by atoms with Gasteiger partial charge in [-0.3, -0.25) is 4.79 Å². The van der Waals surface area contributed by atoms with Crippen LogP contribution in [0.25, 0.3) is 0 Å². The summed E-state index contributed by atoms with van der Waals surface area (Å²) in [5.41, 5.74) is -0.796. The molecule has 1 saturated carbocycles. The van der Waals surface area contributed by atoms with E-state index in [0.29, 0.717) is 0 Å². The summed E-state index contributed by atoms with van der Waals surface area (Å²) in [4.78, 5) is 10.9. The number of hydrogen-bond acceptors (Lipinski definition) is 5. The molecule has 0 radical (unpaired) electrons. The number of ether oxygens (including phenoxy) is 1. The van der Waals surface area contributed by atoms with Crippen LogP contribution in [-0.4, -0.2) is 55.4 Å². The van der Waals surface area contributed by atoms with Crippen molar-refractivity contribution in [2.24, 2.45) is 5.92 Å². The van der Waals surface area contributed by atoms with Crippen LogP contribution in [0.5, 0.6) is 0 Å². The third-order valence-electron chi connectivity index (χ3n) is 3.64. The van der Waals surface area contributed by atoms with E-state index in [4.69, 9.17) is 0 Å². The molecule has 0 aromatic carbocycles. The van der Waals surface area contributed by atoms with Gasteiger partial charge in [0.15, 0.2) is 0 Å². The minimum Gasteiger partial charge on any atom is -0.469 e. The van der Waals surface area contributed by atoms with Gasteiger partial charge in [0.1, 0.15) is 0 Å². The summed E-state index contributed by atoms with van der Waals surface area (Å²) in [6.07, 6.45) is 2.35. The minimum atomic E-state index is -3.34. The highest BCUT2D eigenvalue weighted by Crippen LogP contribution is 2.45. The van der Waals surface area contributed by atoms with E-state index in [0.717, 1.165) is 12.8 Å². The molecule has 2 aliphatic rings. The molecule has 0 spiro atoms. The smallest absolute Gasteiger partial charge is 0.305 e. The van der Waals surface area contributed by atoms with Gasteiger partial charge in [0.25, 0.3) is 0 Å². The van der Waals surface area contributed by atoms with Gasteiger partial charge in [-0.05, 0) is 25.2 Å². The average Bonchev–Trinajstić information content (AvgIpc) is 3.08. The molecular weight excluding hydrogens is 258 g/mol. The maximum Gasteiger partial charge on any atom is 0.305 e. The number of carbonyl (C=O) groups is 1. The standard InChI is InChI=1S/C11H19NO5S/c1-17-10(13)3-2-6-18(15,16)12-7-11(14,8-12)9-4-5-9/h9,14H,2-8H2,1H3. The molecule has 0 bridgehead atoms. The van der Waals surface area contributed by atoms with Crippen LogP contribution >= 0.6 is 0 Å². The number of β-amino-alcohol motifs (C(OH)–C–C–N with tert-alkyl or cyclic N) is 1. The van der Waals surface area contributed by atoms with Crippen LogP contribution in [0.15, 0.2) is 0 Å². The third-order valence-corrected chi connectivity index (χ3v) is 5.49. The maximum absolute atomic E-state index is 11.9. The van der Waals surface area contributed by atoms with E-state index < -0.39 is 21.6 Å². The molecular formula is C11H19NO5S. The van der Waals surface area contributed by atoms with Crippen LogP contribution in [0.4, 0.5) is 0 Å². The van der Waals surface area contributed by atoms with Crippen LogP contribution < -0.4 is 0 Å². The van der Waals surface area contributed by atoms with E-state index in [2.05, 4.69) is 4.74 Å². The van der Waals surface area contributed by atoms with Gasteiger partial charge in [-0.15, -0.1) is 0 Å². The Morgan fingerprint density at radius 2 is 2.06 bits per heavy atom. The molecule has 0 atom stereocenters. The first-order valence-electron chi connectivity index (χ1n) is 6.14. The van der Waals surface area contributed by atoms with Gasteiger partial charge in [0.05, 0.1) is 18.5 Å². The fraction of sp³-hybridized carbons (Fsp3) is 0.909. The molecule has 2 rings (SSSR count). The molecule has 1 aliphatic carbocycles. The van der Waals surface area contributed by atoms with E-state index >= 15 is 0 Å². The van der Waals surface area contributed by atoms with Crippen molar-refractivity contribution in [2.45, 2.75) is 31.3 Å². The van der Waals surface area contributed by atoms with Gasteiger partial charge in [0.2, 0.25) is 10.0 Å². The zero-order valence-corrected chi connectivity index (χ0v) is 11.3. The molecule has 1 saturated heterocycles. The lowest BCUT2D eigenvalue weighted by Gasteiger charge is -2.45. The lowest BCUT2D eigenvalue weighted by molar-refractivity contribution is -0.140. The van der Waals surface area contributed by atoms with E-state index in [-0.39, 0.29) is 37.6 Å². The molecule has 1 aliphatic heterocycles. The molecule has 6 nitrogen and oxygen atoms in total. The number of methoxy groups -OCH3 is 1. The Morgan fingerprint density at radius 3 is 2.56 bits per heavy atom. The van der Waals surface area contributed by atoms with Crippen molar-refractivity contribution in [3.63, 3.8) is 0 Å². The number of esters is 1. The molecule has 0 unspecified atom stereocenters. The highest BCUT2D eigenvalue weighted by molar-refractivity contribution is 7.89. The van der Waals surface area contributed by atoms with E-state index in [9.17, 15) is 18.3 Å². The Kier molecular flexibility index (Phi) is 3.66. The van der Waals surface area contributed by atoms with E-state index in [1.807, 2.05) is 0 Å². The van der Waals surface area contributed by atoms with Crippen molar-refractivity contribution < 1.29 is 23.1 Å². The highest BCUT2D eigenvalue weighted by Gasteiger charge is 2.54. The Labute approximate surface area is 107 Å². The number of rotatable bonds is 6. The minimum absolute atomic E-state index is 0.0666. The fourth-order valence-electron chi connectivity index (χ4n) is 2.27. The summed E-state index contributed by atoms with van der Waals surface area (Å²) in [7, 11) is -2.06. The quantitative estimate of drug-likeness (QED) is 0.675.